The normalized spacial score (nSPS) is 10.8. The third-order valence-electron chi connectivity index (χ3n) is 3.35. The van der Waals surface area contributed by atoms with Crippen LogP contribution in [-0.4, -0.2) is 34.3 Å². The number of nitrogens with zero attached hydrogens (tertiary/aromatic N) is 3. The van der Waals surface area contributed by atoms with Crippen LogP contribution in [0, 0.1) is 0 Å². The molecule has 2 aromatic rings. The maximum absolute atomic E-state index is 11.4. The number of aromatic nitrogens is 2. The first-order valence-corrected chi connectivity index (χ1v) is 6.78. The van der Waals surface area contributed by atoms with Crippen LogP contribution in [0.25, 0.3) is 5.52 Å². The van der Waals surface area contributed by atoms with Gasteiger partial charge in [0.05, 0.1) is 18.0 Å². The monoisotopic (exact) mass is 259 g/mol. The van der Waals surface area contributed by atoms with E-state index in [1.54, 1.807) is 4.90 Å². The summed E-state index contributed by atoms with van der Waals surface area (Å²) in [5, 5.41) is 0. The molecule has 0 N–H and O–H groups in total. The zero-order chi connectivity index (χ0) is 13.7. The van der Waals surface area contributed by atoms with E-state index in [0.717, 1.165) is 31.2 Å². The number of hydrogen-bond donors (Lipinski definition) is 0. The standard InChI is InChI=1S/C15H21N3O/c1-17(2)15(19)10-5-3-4-7-13-8-6-9-14-11-16-12-18(13)14/h6,8-9,11-12H,3-5,7,10H2,1-2H3. The Morgan fingerprint density at radius 1 is 1.26 bits per heavy atom. The molecule has 0 radical (unpaired) electrons. The predicted molar refractivity (Wildman–Crippen MR) is 76.1 cm³/mol. The molecule has 0 aliphatic heterocycles. The van der Waals surface area contributed by atoms with Gasteiger partial charge in [0.25, 0.3) is 0 Å². The zero-order valence-corrected chi connectivity index (χ0v) is 11.7. The van der Waals surface area contributed by atoms with Gasteiger partial charge in [0.15, 0.2) is 0 Å². The van der Waals surface area contributed by atoms with Crippen molar-refractivity contribution in [1.82, 2.24) is 14.3 Å². The number of carbonyl (C=O) groups excluding carboxylic acids is 1. The molecule has 0 spiro atoms. The summed E-state index contributed by atoms with van der Waals surface area (Å²) in [6, 6.07) is 6.27. The van der Waals surface area contributed by atoms with Crippen molar-refractivity contribution < 1.29 is 4.79 Å². The molecule has 0 fully saturated rings. The van der Waals surface area contributed by atoms with Crippen LogP contribution >= 0.6 is 0 Å². The van der Waals surface area contributed by atoms with E-state index in [9.17, 15) is 4.79 Å². The largest absolute Gasteiger partial charge is 0.349 e. The molecule has 4 nitrogen and oxygen atoms in total. The summed E-state index contributed by atoms with van der Waals surface area (Å²) in [4.78, 5) is 17.3. The highest BCUT2D eigenvalue weighted by Gasteiger charge is 2.04. The molecular weight excluding hydrogens is 238 g/mol. The molecule has 0 atom stereocenters. The summed E-state index contributed by atoms with van der Waals surface area (Å²) >= 11 is 0. The first-order valence-electron chi connectivity index (χ1n) is 6.78. The number of amides is 1. The van der Waals surface area contributed by atoms with Gasteiger partial charge in [0.1, 0.15) is 0 Å². The van der Waals surface area contributed by atoms with E-state index >= 15 is 0 Å². The Morgan fingerprint density at radius 3 is 2.89 bits per heavy atom. The quantitative estimate of drug-likeness (QED) is 0.748. The summed E-state index contributed by atoms with van der Waals surface area (Å²) in [7, 11) is 3.62. The van der Waals surface area contributed by atoms with Crippen molar-refractivity contribution in [1.29, 1.82) is 0 Å². The lowest BCUT2D eigenvalue weighted by molar-refractivity contribution is -0.128. The summed E-state index contributed by atoms with van der Waals surface area (Å²) in [6.45, 7) is 0. The maximum Gasteiger partial charge on any atom is 0.222 e. The van der Waals surface area contributed by atoms with Crippen molar-refractivity contribution >= 4 is 11.4 Å². The van der Waals surface area contributed by atoms with E-state index in [0.29, 0.717) is 6.42 Å². The molecule has 19 heavy (non-hydrogen) atoms. The van der Waals surface area contributed by atoms with Crippen molar-refractivity contribution in [2.24, 2.45) is 0 Å². The van der Waals surface area contributed by atoms with E-state index in [2.05, 4.69) is 27.6 Å². The minimum atomic E-state index is 0.219. The first kappa shape index (κ1) is 13.6. The third-order valence-corrected chi connectivity index (χ3v) is 3.35. The molecule has 1 amide bonds. The van der Waals surface area contributed by atoms with Gasteiger partial charge in [-0.3, -0.25) is 4.79 Å². The Bertz CT molecular complexity index is 545. The SMILES string of the molecule is CN(C)C(=O)CCCCCc1cccc2cncn12. The van der Waals surface area contributed by atoms with Gasteiger partial charge in [-0.05, 0) is 31.4 Å². The molecule has 2 rings (SSSR count). The van der Waals surface area contributed by atoms with Gasteiger partial charge in [-0.15, -0.1) is 0 Å². The van der Waals surface area contributed by atoms with Gasteiger partial charge in [0.2, 0.25) is 5.91 Å². The first-order chi connectivity index (χ1) is 9.18. The van der Waals surface area contributed by atoms with Crippen LogP contribution < -0.4 is 0 Å². The fraction of sp³-hybridized carbons (Fsp3) is 0.467. The number of unbranched alkanes of at least 4 members (excludes halogenated alkanes) is 2. The highest BCUT2D eigenvalue weighted by molar-refractivity contribution is 5.75. The lowest BCUT2D eigenvalue weighted by Crippen LogP contribution is -2.21. The molecule has 4 heteroatoms. The Hall–Kier alpha value is -1.84. The molecule has 0 aromatic carbocycles. The second-order valence-electron chi connectivity index (χ2n) is 5.05. The van der Waals surface area contributed by atoms with E-state index in [-0.39, 0.29) is 5.91 Å². The van der Waals surface area contributed by atoms with Crippen LogP contribution in [0.1, 0.15) is 31.4 Å². The van der Waals surface area contributed by atoms with Gasteiger partial charge in [-0.2, -0.15) is 0 Å². The van der Waals surface area contributed by atoms with Crippen molar-refractivity contribution in [3.63, 3.8) is 0 Å². The van der Waals surface area contributed by atoms with E-state index in [1.165, 1.54) is 5.69 Å². The second kappa shape index (κ2) is 6.36. The summed E-state index contributed by atoms with van der Waals surface area (Å²) < 4.78 is 2.13. The van der Waals surface area contributed by atoms with Crippen molar-refractivity contribution in [2.75, 3.05) is 14.1 Å². The maximum atomic E-state index is 11.4. The molecule has 0 saturated carbocycles. The number of carbonyl (C=O) groups is 1. The molecule has 0 saturated heterocycles. The van der Waals surface area contributed by atoms with Crippen molar-refractivity contribution in [3.05, 3.63) is 36.4 Å². The lowest BCUT2D eigenvalue weighted by atomic mass is 10.1. The van der Waals surface area contributed by atoms with Crippen LogP contribution in [0.15, 0.2) is 30.7 Å². The fourth-order valence-electron chi connectivity index (χ4n) is 2.19. The van der Waals surface area contributed by atoms with E-state index < -0.39 is 0 Å². The third kappa shape index (κ3) is 3.56. The summed E-state index contributed by atoms with van der Waals surface area (Å²) in [5.41, 5.74) is 2.43. The summed E-state index contributed by atoms with van der Waals surface area (Å²) in [5.74, 6) is 0.219. The van der Waals surface area contributed by atoms with Crippen molar-refractivity contribution in [3.8, 4) is 0 Å². The number of rotatable bonds is 6. The fourth-order valence-corrected chi connectivity index (χ4v) is 2.19. The van der Waals surface area contributed by atoms with Crippen LogP contribution in [0.3, 0.4) is 0 Å². The average molecular weight is 259 g/mol. The lowest BCUT2D eigenvalue weighted by Gasteiger charge is -2.09. The predicted octanol–water partition coefficient (Wildman–Crippen LogP) is 2.53. The van der Waals surface area contributed by atoms with Crippen LogP contribution in [0.5, 0.6) is 0 Å². The van der Waals surface area contributed by atoms with Gasteiger partial charge in [0, 0.05) is 26.2 Å². The number of hydrogen-bond acceptors (Lipinski definition) is 2. The van der Waals surface area contributed by atoms with Gasteiger partial charge in [-0.25, -0.2) is 4.98 Å². The number of pyridine rings is 1. The summed E-state index contributed by atoms with van der Waals surface area (Å²) in [6.07, 6.45) is 8.59. The zero-order valence-electron chi connectivity index (χ0n) is 11.7. The second-order valence-corrected chi connectivity index (χ2v) is 5.05. The molecule has 0 aliphatic carbocycles. The molecule has 0 aliphatic rings. The Kier molecular flexibility index (Phi) is 4.55. The Labute approximate surface area is 114 Å². The minimum absolute atomic E-state index is 0.219. The molecular formula is C15H21N3O. The highest BCUT2D eigenvalue weighted by atomic mass is 16.2. The molecule has 2 heterocycles. The average Bonchev–Trinajstić information content (AvgIpc) is 2.87. The minimum Gasteiger partial charge on any atom is -0.349 e. The van der Waals surface area contributed by atoms with Crippen LogP contribution in [0.4, 0.5) is 0 Å². The molecule has 102 valence electrons. The van der Waals surface area contributed by atoms with Gasteiger partial charge < -0.3 is 9.30 Å². The van der Waals surface area contributed by atoms with Gasteiger partial charge in [-0.1, -0.05) is 12.5 Å². The smallest absolute Gasteiger partial charge is 0.222 e. The van der Waals surface area contributed by atoms with E-state index in [4.69, 9.17) is 0 Å². The van der Waals surface area contributed by atoms with Crippen LogP contribution in [0.2, 0.25) is 0 Å². The topological polar surface area (TPSA) is 37.6 Å². The van der Waals surface area contributed by atoms with E-state index in [1.807, 2.05) is 26.6 Å². The highest BCUT2D eigenvalue weighted by Crippen LogP contribution is 2.11. The molecule has 0 bridgehead atoms. The van der Waals surface area contributed by atoms with Crippen LogP contribution in [-0.2, 0) is 11.2 Å². The molecule has 2 aromatic heterocycles. The number of imidazole rings is 1. The Balaban J connectivity index is 1.77. The Morgan fingerprint density at radius 2 is 2.11 bits per heavy atom. The van der Waals surface area contributed by atoms with Crippen molar-refractivity contribution in [2.45, 2.75) is 32.1 Å². The number of aryl methyl sites for hydroxylation is 1. The van der Waals surface area contributed by atoms with Gasteiger partial charge >= 0.3 is 0 Å². The molecule has 0 unspecified atom stereocenters. The number of fused-ring (bicyclic) bond motifs is 1.